The summed E-state index contributed by atoms with van der Waals surface area (Å²) < 4.78 is 10.9. The first kappa shape index (κ1) is 25.2. The van der Waals surface area contributed by atoms with E-state index in [1.54, 1.807) is 35.6 Å². The largest absolute Gasteiger partial charge is 0.491 e. The summed E-state index contributed by atoms with van der Waals surface area (Å²) in [6.45, 7) is 9.86. The van der Waals surface area contributed by atoms with Crippen LogP contribution in [0.15, 0.2) is 58.9 Å². The van der Waals surface area contributed by atoms with E-state index in [0.717, 1.165) is 16.3 Å². The third-order valence-corrected chi connectivity index (χ3v) is 7.18. The smallest absolute Gasteiger partial charge is 0.256 e. The average molecular weight is 515 g/mol. The lowest BCUT2D eigenvalue weighted by Gasteiger charge is -2.14. The molecule has 2 heterocycles. The van der Waals surface area contributed by atoms with Gasteiger partial charge in [-0.05, 0) is 24.6 Å². The molecule has 2 aromatic heterocycles. The minimum absolute atomic E-state index is 0.0875. The molecule has 0 saturated heterocycles. The standard InChI is InChI=1S/C27H22N4O3S2/c1-17-4-6-19(7-5-17)26-30-20(15-35-26)16-36-27-22(14-28)23(24(29-2)25(31-27)33-3)18-8-10-21(11-9-18)34-13-12-32/h4-11,15,32H,12-13,16H2,1,3H3. The maximum absolute atomic E-state index is 10.1. The summed E-state index contributed by atoms with van der Waals surface area (Å²) in [5.74, 6) is 1.26. The third-order valence-electron chi connectivity index (χ3n) is 5.23. The fourth-order valence-electron chi connectivity index (χ4n) is 3.49. The van der Waals surface area contributed by atoms with Crippen LogP contribution in [-0.2, 0) is 5.75 Å². The highest BCUT2D eigenvalue weighted by atomic mass is 32.2. The molecule has 9 heteroatoms. The van der Waals surface area contributed by atoms with E-state index < -0.39 is 0 Å². The normalized spacial score (nSPS) is 10.5. The maximum atomic E-state index is 10.1. The van der Waals surface area contributed by atoms with Gasteiger partial charge in [0.2, 0.25) is 5.88 Å². The first-order valence-corrected chi connectivity index (χ1v) is 12.8. The molecule has 4 aromatic rings. The number of aliphatic hydroxyl groups is 1. The van der Waals surface area contributed by atoms with Gasteiger partial charge in [0.15, 0.2) is 0 Å². The SMILES string of the molecule is [C-]#[N+]c1c(OC)nc(SCc2csc(-c3ccc(C)cc3)n2)c(C#N)c1-c1ccc(OCCO)cc1. The zero-order valence-corrected chi connectivity index (χ0v) is 21.3. The van der Waals surface area contributed by atoms with Crippen LogP contribution in [0.1, 0.15) is 16.8 Å². The second-order valence-electron chi connectivity index (χ2n) is 7.64. The molecule has 0 aliphatic rings. The van der Waals surface area contributed by atoms with Gasteiger partial charge < -0.3 is 14.6 Å². The van der Waals surface area contributed by atoms with Crippen molar-refractivity contribution in [2.45, 2.75) is 17.7 Å². The molecule has 7 nitrogen and oxygen atoms in total. The van der Waals surface area contributed by atoms with Crippen molar-refractivity contribution in [2.24, 2.45) is 0 Å². The van der Waals surface area contributed by atoms with Gasteiger partial charge in [-0.1, -0.05) is 53.7 Å². The molecule has 0 unspecified atom stereocenters. The quantitative estimate of drug-likeness (QED) is 0.208. The number of aliphatic hydroxyl groups excluding tert-OH is 1. The Hall–Kier alpha value is -3.89. The molecule has 0 saturated carbocycles. The Balaban J connectivity index is 1.66. The lowest BCUT2D eigenvalue weighted by atomic mass is 10.00. The van der Waals surface area contributed by atoms with Crippen molar-refractivity contribution < 1.29 is 14.6 Å². The Labute approximate surface area is 217 Å². The van der Waals surface area contributed by atoms with Gasteiger partial charge in [-0.15, -0.1) is 11.3 Å². The zero-order valence-electron chi connectivity index (χ0n) is 19.7. The van der Waals surface area contributed by atoms with Crippen molar-refractivity contribution in [3.05, 3.63) is 82.1 Å². The number of thiazole rings is 1. The van der Waals surface area contributed by atoms with Crippen LogP contribution in [0.4, 0.5) is 5.69 Å². The molecule has 0 radical (unpaired) electrons. The molecule has 36 heavy (non-hydrogen) atoms. The van der Waals surface area contributed by atoms with E-state index in [0.29, 0.717) is 33.2 Å². The number of ether oxygens (including phenoxy) is 2. The van der Waals surface area contributed by atoms with E-state index in [4.69, 9.17) is 26.1 Å². The van der Waals surface area contributed by atoms with Crippen LogP contribution >= 0.6 is 23.1 Å². The minimum Gasteiger partial charge on any atom is -0.491 e. The predicted molar refractivity (Wildman–Crippen MR) is 142 cm³/mol. The maximum Gasteiger partial charge on any atom is 0.256 e. The van der Waals surface area contributed by atoms with Gasteiger partial charge in [-0.3, -0.25) is 0 Å². The number of rotatable bonds is 9. The number of nitrogens with zero attached hydrogens (tertiary/aromatic N) is 4. The van der Waals surface area contributed by atoms with Crippen LogP contribution in [0, 0.1) is 24.8 Å². The molecule has 0 aliphatic heterocycles. The summed E-state index contributed by atoms with van der Waals surface area (Å²) in [4.78, 5) is 12.9. The molecule has 180 valence electrons. The molecule has 0 spiro atoms. The topological polar surface area (TPSA) is 92.6 Å². The van der Waals surface area contributed by atoms with Crippen LogP contribution in [0.2, 0.25) is 0 Å². The second kappa shape index (κ2) is 11.7. The molecule has 0 atom stereocenters. The highest BCUT2D eigenvalue weighted by molar-refractivity contribution is 7.98. The van der Waals surface area contributed by atoms with Crippen LogP contribution in [0.5, 0.6) is 11.6 Å². The Morgan fingerprint density at radius 3 is 2.47 bits per heavy atom. The van der Waals surface area contributed by atoms with E-state index >= 15 is 0 Å². The molecule has 0 fully saturated rings. The fraction of sp³-hybridized carbons (Fsp3) is 0.185. The lowest BCUT2D eigenvalue weighted by Crippen LogP contribution is -2.01. The van der Waals surface area contributed by atoms with E-state index in [1.165, 1.54) is 24.4 Å². The van der Waals surface area contributed by atoms with Crippen molar-refractivity contribution in [1.29, 1.82) is 5.26 Å². The lowest BCUT2D eigenvalue weighted by molar-refractivity contribution is 0.201. The van der Waals surface area contributed by atoms with Crippen molar-refractivity contribution in [3.63, 3.8) is 0 Å². The van der Waals surface area contributed by atoms with E-state index in [2.05, 4.69) is 47.1 Å². The Morgan fingerprint density at radius 1 is 1.11 bits per heavy atom. The third kappa shape index (κ3) is 5.50. The predicted octanol–water partition coefficient (Wildman–Crippen LogP) is 6.27. The molecule has 0 aliphatic carbocycles. The van der Waals surface area contributed by atoms with Crippen molar-refractivity contribution in [3.8, 4) is 39.4 Å². The number of methoxy groups -OCH3 is 1. The van der Waals surface area contributed by atoms with Gasteiger partial charge in [0.05, 0.1) is 31.5 Å². The highest BCUT2D eigenvalue weighted by Crippen LogP contribution is 2.44. The number of hydrogen-bond acceptors (Lipinski definition) is 8. The van der Waals surface area contributed by atoms with Gasteiger partial charge >= 0.3 is 0 Å². The minimum atomic E-state index is -0.0875. The van der Waals surface area contributed by atoms with Gasteiger partial charge in [-0.2, -0.15) is 5.26 Å². The van der Waals surface area contributed by atoms with Gasteiger partial charge in [0.1, 0.15) is 28.5 Å². The van der Waals surface area contributed by atoms with Crippen molar-refractivity contribution in [1.82, 2.24) is 9.97 Å². The van der Waals surface area contributed by atoms with Crippen LogP contribution in [0.3, 0.4) is 0 Å². The first-order valence-electron chi connectivity index (χ1n) is 11.0. The van der Waals surface area contributed by atoms with Gasteiger partial charge in [0, 0.05) is 22.3 Å². The summed E-state index contributed by atoms with van der Waals surface area (Å²) in [6, 6.07) is 17.5. The van der Waals surface area contributed by atoms with Crippen LogP contribution < -0.4 is 9.47 Å². The van der Waals surface area contributed by atoms with Gasteiger partial charge in [-0.25, -0.2) is 14.8 Å². The van der Waals surface area contributed by atoms with Gasteiger partial charge in [0.25, 0.3) is 5.69 Å². The number of pyridine rings is 1. The summed E-state index contributed by atoms with van der Waals surface area (Å²) in [7, 11) is 1.46. The Kier molecular flexibility index (Phi) is 8.19. The first-order chi connectivity index (χ1) is 17.6. The van der Waals surface area contributed by atoms with Crippen molar-refractivity contribution in [2.75, 3.05) is 20.3 Å². The number of thioether (sulfide) groups is 1. The fourth-order valence-corrected chi connectivity index (χ4v) is 5.30. The van der Waals surface area contributed by atoms with Crippen LogP contribution in [-0.4, -0.2) is 35.4 Å². The molecular formula is C27H22N4O3S2. The number of nitriles is 1. The number of aromatic nitrogens is 2. The number of benzene rings is 2. The number of hydrogen-bond donors (Lipinski definition) is 1. The average Bonchev–Trinajstić information content (AvgIpc) is 3.39. The molecule has 2 aromatic carbocycles. The summed E-state index contributed by atoms with van der Waals surface area (Å²) >= 11 is 2.96. The van der Waals surface area contributed by atoms with E-state index in [1.807, 2.05) is 5.38 Å². The zero-order chi connectivity index (χ0) is 25.5. The Bertz CT molecular complexity index is 1440. The molecule has 4 rings (SSSR count). The molecular weight excluding hydrogens is 492 g/mol. The highest BCUT2D eigenvalue weighted by Gasteiger charge is 2.23. The molecule has 0 amide bonds. The van der Waals surface area contributed by atoms with Crippen molar-refractivity contribution >= 4 is 28.8 Å². The monoisotopic (exact) mass is 514 g/mol. The van der Waals surface area contributed by atoms with E-state index in [9.17, 15) is 5.26 Å². The summed E-state index contributed by atoms with van der Waals surface area (Å²) in [5.41, 5.74) is 4.77. The second-order valence-corrected chi connectivity index (χ2v) is 9.47. The molecule has 1 N–H and O–H groups in total. The Morgan fingerprint density at radius 2 is 1.83 bits per heavy atom. The summed E-state index contributed by atoms with van der Waals surface area (Å²) in [6.07, 6.45) is 0. The molecule has 0 bridgehead atoms. The number of aryl methyl sites for hydroxylation is 1. The summed E-state index contributed by atoms with van der Waals surface area (Å²) in [5, 5.41) is 22.5. The van der Waals surface area contributed by atoms with Crippen LogP contribution in [0.25, 0.3) is 26.5 Å². The van der Waals surface area contributed by atoms with E-state index in [-0.39, 0.29) is 24.8 Å².